The van der Waals surface area contributed by atoms with E-state index in [1.165, 1.54) is 0 Å². The fourth-order valence-corrected chi connectivity index (χ4v) is 1.66. The van der Waals surface area contributed by atoms with Crippen molar-refractivity contribution in [1.29, 1.82) is 0 Å². The van der Waals surface area contributed by atoms with Crippen LogP contribution in [0, 0.1) is 0 Å². The monoisotopic (exact) mass is 221 g/mol. The van der Waals surface area contributed by atoms with Crippen molar-refractivity contribution in [3.63, 3.8) is 0 Å². The summed E-state index contributed by atoms with van der Waals surface area (Å²) >= 11 is 0. The van der Waals surface area contributed by atoms with Crippen molar-refractivity contribution in [2.75, 3.05) is 13.2 Å². The Hall–Kier alpha value is -0.890. The predicted molar refractivity (Wildman–Crippen MR) is 48.4 cm³/mol. The third-order valence-corrected chi connectivity index (χ3v) is 2.36. The molecule has 1 amide bonds. The molecule has 1 fully saturated rings. The van der Waals surface area contributed by atoms with Crippen molar-refractivity contribution in [2.24, 2.45) is 0 Å². The van der Waals surface area contributed by atoms with Gasteiger partial charge in [0, 0.05) is 0 Å². The molecule has 0 heterocycles. The first kappa shape index (κ1) is 12.2. The third-order valence-electron chi connectivity index (χ3n) is 2.36. The average molecular weight is 221 g/mol. The van der Waals surface area contributed by atoms with E-state index < -0.39 is 30.4 Å². The minimum Gasteiger partial charge on any atom is -0.465 e. The van der Waals surface area contributed by atoms with Gasteiger partial charge in [0.15, 0.2) is 0 Å². The van der Waals surface area contributed by atoms with Crippen LogP contribution in [0.4, 0.5) is 4.79 Å². The normalized spacial score (nSPS) is 35.4. The largest absolute Gasteiger partial charge is 0.465 e. The van der Waals surface area contributed by atoms with Crippen LogP contribution in [0.15, 0.2) is 0 Å². The van der Waals surface area contributed by atoms with E-state index in [0.29, 0.717) is 0 Å². The first-order valence-electron chi connectivity index (χ1n) is 4.64. The number of aliphatic hydroxyl groups is 3. The fraction of sp³-hybridized carbons (Fsp3) is 0.875. The van der Waals surface area contributed by atoms with Crippen molar-refractivity contribution in [3.8, 4) is 0 Å². The Morgan fingerprint density at radius 1 is 1.40 bits per heavy atom. The Kier molecular flexibility index (Phi) is 4.28. The molecule has 15 heavy (non-hydrogen) atoms. The minimum absolute atomic E-state index is 0.0498. The van der Waals surface area contributed by atoms with Gasteiger partial charge in [0.05, 0.1) is 25.4 Å². The van der Waals surface area contributed by atoms with Gasteiger partial charge >= 0.3 is 6.09 Å². The molecule has 5 N–H and O–H groups in total. The van der Waals surface area contributed by atoms with Crippen LogP contribution < -0.4 is 5.32 Å². The van der Waals surface area contributed by atoms with Crippen LogP contribution in [0.1, 0.15) is 6.42 Å². The van der Waals surface area contributed by atoms with Gasteiger partial charge in [0.2, 0.25) is 0 Å². The van der Waals surface area contributed by atoms with Crippen LogP contribution in [0.5, 0.6) is 0 Å². The number of carboxylic acid groups (broad SMARTS) is 1. The maximum absolute atomic E-state index is 10.3. The summed E-state index contributed by atoms with van der Waals surface area (Å²) < 4.78 is 5.05. The van der Waals surface area contributed by atoms with Crippen LogP contribution in [-0.4, -0.2) is 64.1 Å². The highest BCUT2D eigenvalue weighted by atomic mass is 16.5. The van der Waals surface area contributed by atoms with Crippen molar-refractivity contribution in [1.82, 2.24) is 5.32 Å². The zero-order valence-electron chi connectivity index (χ0n) is 8.04. The quantitative estimate of drug-likeness (QED) is 0.379. The lowest BCUT2D eigenvalue weighted by Crippen LogP contribution is -2.42. The van der Waals surface area contributed by atoms with Gasteiger partial charge < -0.3 is 30.5 Å². The number of rotatable bonds is 4. The molecule has 1 aliphatic carbocycles. The second-order valence-electron chi connectivity index (χ2n) is 3.41. The summed E-state index contributed by atoms with van der Waals surface area (Å²) in [4.78, 5) is 10.3. The molecule has 1 rings (SSSR count). The number of carbonyl (C=O) groups is 1. The summed E-state index contributed by atoms with van der Waals surface area (Å²) in [5.41, 5.74) is 0. The number of ether oxygens (including phenoxy) is 1. The van der Waals surface area contributed by atoms with Crippen LogP contribution in [0.2, 0.25) is 0 Å². The van der Waals surface area contributed by atoms with Crippen LogP contribution in [0.3, 0.4) is 0 Å². The van der Waals surface area contributed by atoms with Crippen LogP contribution in [-0.2, 0) is 4.74 Å². The van der Waals surface area contributed by atoms with Gasteiger partial charge in [-0.25, -0.2) is 4.79 Å². The summed E-state index contributed by atoms with van der Waals surface area (Å²) in [7, 11) is 0. The number of aliphatic hydroxyl groups excluding tert-OH is 3. The van der Waals surface area contributed by atoms with E-state index in [9.17, 15) is 15.0 Å². The molecule has 7 nitrogen and oxygen atoms in total. The van der Waals surface area contributed by atoms with Crippen molar-refractivity contribution in [2.45, 2.75) is 30.8 Å². The van der Waals surface area contributed by atoms with E-state index in [-0.39, 0.29) is 19.6 Å². The Bertz CT molecular complexity index is 223. The molecule has 0 radical (unpaired) electrons. The number of hydrogen-bond donors (Lipinski definition) is 5. The molecule has 0 bridgehead atoms. The first-order valence-corrected chi connectivity index (χ1v) is 4.64. The van der Waals surface area contributed by atoms with Crippen LogP contribution in [0.25, 0.3) is 0 Å². The zero-order valence-corrected chi connectivity index (χ0v) is 8.04. The lowest BCUT2D eigenvalue weighted by Gasteiger charge is -2.16. The topological polar surface area (TPSA) is 119 Å². The smallest absolute Gasteiger partial charge is 0.404 e. The lowest BCUT2D eigenvalue weighted by molar-refractivity contribution is -0.0619. The molecule has 0 aliphatic heterocycles. The van der Waals surface area contributed by atoms with E-state index in [1.54, 1.807) is 0 Å². The van der Waals surface area contributed by atoms with Crippen molar-refractivity contribution in [3.05, 3.63) is 0 Å². The Labute approximate surface area is 86.3 Å². The van der Waals surface area contributed by atoms with E-state index >= 15 is 0 Å². The molecule has 4 atom stereocenters. The first-order chi connectivity index (χ1) is 7.06. The molecule has 0 saturated heterocycles. The highest BCUT2D eigenvalue weighted by molar-refractivity contribution is 5.65. The summed E-state index contributed by atoms with van der Waals surface area (Å²) in [6, 6.07) is -0.735. The summed E-state index contributed by atoms with van der Waals surface area (Å²) in [6.07, 6.45) is -4.02. The van der Waals surface area contributed by atoms with Gasteiger partial charge in [0.25, 0.3) is 0 Å². The van der Waals surface area contributed by atoms with E-state index in [1.807, 2.05) is 0 Å². The van der Waals surface area contributed by atoms with Crippen molar-refractivity contribution >= 4 is 6.09 Å². The number of hydrogen-bond acceptors (Lipinski definition) is 5. The summed E-state index contributed by atoms with van der Waals surface area (Å²) in [6.45, 7) is -0.134. The molecule has 0 aromatic carbocycles. The molecule has 0 aromatic rings. The standard InChI is InChI=1S/C8H15NO6/c10-1-2-15-5-3-4(9-8(13)14)6(11)7(5)12/h4-7,9-12H,1-3H2,(H,13,14)/t4-,5+,6+,7-/m1/s1. The highest BCUT2D eigenvalue weighted by Crippen LogP contribution is 2.23. The van der Waals surface area contributed by atoms with Gasteiger partial charge in [-0.15, -0.1) is 0 Å². The molecule has 88 valence electrons. The summed E-state index contributed by atoms with van der Waals surface area (Å²) in [5.74, 6) is 0. The Balaban J connectivity index is 2.47. The average Bonchev–Trinajstić information content (AvgIpc) is 2.42. The molecule has 0 unspecified atom stereocenters. The highest BCUT2D eigenvalue weighted by Gasteiger charge is 2.42. The maximum atomic E-state index is 10.3. The predicted octanol–water partition coefficient (Wildman–Crippen LogP) is -1.87. The molecule has 1 aliphatic rings. The zero-order chi connectivity index (χ0) is 11.4. The van der Waals surface area contributed by atoms with E-state index in [0.717, 1.165) is 0 Å². The SMILES string of the molecule is O=C(O)N[C@@H]1C[C@H](OCCO)[C@@H](O)[C@H]1O. The number of amides is 1. The van der Waals surface area contributed by atoms with E-state index in [4.69, 9.17) is 14.9 Å². The van der Waals surface area contributed by atoms with Gasteiger partial charge in [-0.1, -0.05) is 0 Å². The van der Waals surface area contributed by atoms with Gasteiger partial charge in [0.1, 0.15) is 12.2 Å². The summed E-state index contributed by atoms with van der Waals surface area (Å²) in [5, 5.41) is 38.0. The van der Waals surface area contributed by atoms with Crippen molar-refractivity contribution < 1.29 is 30.0 Å². The number of nitrogens with one attached hydrogen (secondary N) is 1. The lowest BCUT2D eigenvalue weighted by atomic mass is 10.2. The third kappa shape index (κ3) is 3.03. The van der Waals surface area contributed by atoms with Gasteiger partial charge in [-0.05, 0) is 6.42 Å². The Morgan fingerprint density at radius 3 is 2.60 bits per heavy atom. The molecule has 1 saturated carbocycles. The molecular weight excluding hydrogens is 206 g/mol. The second-order valence-corrected chi connectivity index (χ2v) is 3.41. The van der Waals surface area contributed by atoms with Gasteiger partial charge in [-0.3, -0.25) is 0 Å². The second kappa shape index (κ2) is 5.26. The van der Waals surface area contributed by atoms with E-state index in [2.05, 4.69) is 5.32 Å². The molecular formula is C8H15NO6. The molecule has 7 heteroatoms. The van der Waals surface area contributed by atoms with Gasteiger partial charge in [-0.2, -0.15) is 0 Å². The molecule has 0 aromatic heterocycles. The maximum Gasteiger partial charge on any atom is 0.404 e. The van der Waals surface area contributed by atoms with Crippen LogP contribution >= 0.6 is 0 Å². The molecule has 0 spiro atoms. The fourth-order valence-electron chi connectivity index (χ4n) is 1.66. The Morgan fingerprint density at radius 2 is 2.07 bits per heavy atom. The minimum atomic E-state index is -1.26.